The van der Waals surface area contributed by atoms with Gasteiger partial charge < -0.3 is 10.2 Å². The number of nitrogens with zero attached hydrogens (tertiary/aromatic N) is 2. The molecular formula is C25H35N3O4S. The Hall–Kier alpha value is -2.87. The Morgan fingerprint density at radius 3 is 2.15 bits per heavy atom. The minimum absolute atomic E-state index is 0.0741. The fourth-order valence-electron chi connectivity index (χ4n) is 3.62. The van der Waals surface area contributed by atoms with Crippen LogP contribution in [0.5, 0.6) is 0 Å². The Morgan fingerprint density at radius 1 is 0.970 bits per heavy atom. The van der Waals surface area contributed by atoms with Crippen molar-refractivity contribution in [1.82, 2.24) is 10.2 Å². The van der Waals surface area contributed by atoms with Gasteiger partial charge in [0.05, 0.1) is 11.9 Å². The highest BCUT2D eigenvalue weighted by molar-refractivity contribution is 7.92. The number of para-hydroxylation sites is 1. The second-order valence-electron chi connectivity index (χ2n) is 8.41. The summed E-state index contributed by atoms with van der Waals surface area (Å²) in [5.74, 6) is -0.694. The summed E-state index contributed by atoms with van der Waals surface area (Å²) in [6, 6.07) is 16.0. The minimum Gasteiger partial charge on any atom is -0.352 e. The molecule has 0 saturated carbocycles. The van der Waals surface area contributed by atoms with E-state index in [1.165, 1.54) is 4.90 Å². The summed E-state index contributed by atoms with van der Waals surface area (Å²) >= 11 is 0. The summed E-state index contributed by atoms with van der Waals surface area (Å²) < 4.78 is 26.5. The van der Waals surface area contributed by atoms with Gasteiger partial charge in [-0.3, -0.25) is 13.9 Å². The van der Waals surface area contributed by atoms with Gasteiger partial charge in [0.15, 0.2) is 0 Å². The molecule has 2 aromatic rings. The number of aryl methyl sites for hydroxylation is 1. The van der Waals surface area contributed by atoms with E-state index >= 15 is 0 Å². The summed E-state index contributed by atoms with van der Waals surface area (Å²) in [6.07, 6.45) is 2.27. The Balaban J connectivity index is 2.34. The van der Waals surface area contributed by atoms with E-state index in [9.17, 15) is 18.0 Å². The zero-order valence-corrected chi connectivity index (χ0v) is 20.9. The number of rotatable bonds is 11. The number of carbonyl (C=O) groups is 2. The van der Waals surface area contributed by atoms with Crippen molar-refractivity contribution in [2.45, 2.75) is 52.6 Å². The summed E-state index contributed by atoms with van der Waals surface area (Å²) in [6.45, 7) is 7.24. The van der Waals surface area contributed by atoms with Gasteiger partial charge in [-0.15, -0.1) is 0 Å². The van der Waals surface area contributed by atoms with Crippen LogP contribution in [-0.4, -0.2) is 56.6 Å². The molecule has 180 valence electrons. The smallest absolute Gasteiger partial charge is 0.244 e. The maximum absolute atomic E-state index is 13.5. The number of carbonyl (C=O) groups excluding carboxylic acids is 2. The highest BCUT2D eigenvalue weighted by Crippen LogP contribution is 2.24. The van der Waals surface area contributed by atoms with E-state index < -0.39 is 22.0 Å². The first kappa shape index (κ1) is 26.4. The van der Waals surface area contributed by atoms with Crippen LogP contribution in [0.4, 0.5) is 5.69 Å². The quantitative estimate of drug-likeness (QED) is 0.544. The standard InChI is InChI=1S/C25H35N3O4S/c1-6-22-14-10-11-15-23(22)28(33(5,31)32)18-24(29)27(20(4)25(30)26-19(2)3)17-16-21-12-8-7-9-13-21/h7-15,19-20H,6,16-18H2,1-5H3,(H,26,30)/t20-/m0/s1. The summed E-state index contributed by atoms with van der Waals surface area (Å²) in [5.41, 5.74) is 2.35. The van der Waals surface area contributed by atoms with Crippen molar-refractivity contribution in [1.29, 1.82) is 0 Å². The molecule has 7 nitrogen and oxygen atoms in total. The van der Waals surface area contributed by atoms with Gasteiger partial charge in [-0.05, 0) is 50.8 Å². The van der Waals surface area contributed by atoms with Crippen molar-refractivity contribution in [3.05, 3.63) is 65.7 Å². The molecular weight excluding hydrogens is 438 g/mol. The molecule has 0 aliphatic rings. The molecule has 2 amide bonds. The molecule has 33 heavy (non-hydrogen) atoms. The topological polar surface area (TPSA) is 86.8 Å². The lowest BCUT2D eigenvalue weighted by Crippen LogP contribution is -2.53. The molecule has 1 N–H and O–H groups in total. The van der Waals surface area contributed by atoms with Crippen LogP contribution in [0.15, 0.2) is 54.6 Å². The fourth-order valence-corrected chi connectivity index (χ4v) is 4.50. The molecule has 0 bridgehead atoms. The lowest BCUT2D eigenvalue weighted by Gasteiger charge is -2.32. The first-order chi connectivity index (χ1) is 15.5. The van der Waals surface area contributed by atoms with Crippen LogP contribution in [0.3, 0.4) is 0 Å². The van der Waals surface area contributed by atoms with Gasteiger partial charge in [0, 0.05) is 12.6 Å². The van der Waals surface area contributed by atoms with Crippen molar-refractivity contribution in [2.24, 2.45) is 0 Å². The van der Waals surface area contributed by atoms with Gasteiger partial charge in [-0.25, -0.2) is 8.42 Å². The third-order valence-corrected chi connectivity index (χ3v) is 6.53. The summed E-state index contributed by atoms with van der Waals surface area (Å²) in [4.78, 5) is 27.7. The van der Waals surface area contributed by atoms with Crippen molar-refractivity contribution in [3.63, 3.8) is 0 Å². The van der Waals surface area contributed by atoms with Gasteiger partial charge >= 0.3 is 0 Å². The van der Waals surface area contributed by atoms with E-state index in [-0.39, 0.29) is 18.5 Å². The maximum Gasteiger partial charge on any atom is 0.244 e. The van der Waals surface area contributed by atoms with Crippen LogP contribution in [0.2, 0.25) is 0 Å². The molecule has 0 radical (unpaired) electrons. The number of benzene rings is 2. The van der Waals surface area contributed by atoms with Gasteiger partial charge in [0.1, 0.15) is 12.6 Å². The second-order valence-corrected chi connectivity index (χ2v) is 10.3. The van der Waals surface area contributed by atoms with Crippen LogP contribution < -0.4 is 9.62 Å². The Morgan fingerprint density at radius 2 is 1.58 bits per heavy atom. The number of anilines is 1. The highest BCUT2D eigenvalue weighted by Gasteiger charge is 2.30. The molecule has 0 spiro atoms. The molecule has 0 fully saturated rings. The van der Waals surface area contributed by atoms with Crippen LogP contribution in [0.1, 0.15) is 38.8 Å². The number of hydrogen-bond donors (Lipinski definition) is 1. The molecule has 2 aromatic carbocycles. The zero-order chi connectivity index (χ0) is 24.6. The number of sulfonamides is 1. The third-order valence-electron chi connectivity index (χ3n) is 5.40. The van der Waals surface area contributed by atoms with E-state index in [2.05, 4.69) is 5.32 Å². The lowest BCUT2D eigenvalue weighted by molar-refractivity contribution is -0.139. The third kappa shape index (κ3) is 7.60. The summed E-state index contributed by atoms with van der Waals surface area (Å²) in [5, 5.41) is 2.84. The van der Waals surface area contributed by atoms with E-state index in [1.54, 1.807) is 19.1 Å². The van der Waals surface area contributed by atoms with Crippen LogP contribution in [0.25, 0.3) is 0 Å². The first-order valence-corrected chi connectivity index (χ1v) is 13.1. The molecule has 2 rings (SSSR count). The predicted molar refractivity (Wildman–Crippen MR) is 133 cm³/mol. The molecule has 1 atom stereocenters. The van der Waals surface area contributed by atoms with Crippen molar-refractivity contribution >= 4 is 27.5 Å². The van der Waals surface area contributed by atoms with Crippen molar-refractivity contribution in [2.75, 3.05) is 23.7 Å². The van der Waals surface area contributed by atoms with Gasteiger partial charge in [-0.1, -0.05) is 55.5 Å². The van der Waals surface area contributed by atoms with Gasteiger partial charge in [0.25, 0.3) is 0 Å². The van der Waals surface area contributed by atoms with E-state index in [1.807, 2.05) is 63.2 Å². The molecule has 8 heteroatoms. The Bertz CT molecular complexity index is 1040. The minimum atomic E-state index is -3.73. The number of amides is 2. The zero-order valence-electron chi connectivity index (χ0n) is 20.1. The average molecular weight is 474 g/mol. The van der Waals surface area contributed by atoms with E-state index in [4.69, 9.17) is 0 Å². The Kier molecular flexibility index (Phi) is 9.46. The second kappa shape index (κ2) is 11.8. The molecule has 0 unspecified atom stereocenters. The maximum atomic E-state index is 13.5. The monoisotopic (exact) mass is 473 g/mol. The predicted octanol–water partition coefficient (Wildman–Crippen LogP) is 3.00. The van der Waals surface area contributed by atoms with E-state index in [0.717, 1.165) is 21.7 Å². The SMILES string of the molecule is CCc1ccccc1N(CC(=O)N(CCc1ccccc1)[C@@H](C)C(=O)NC(C)C)S(C)(=O)=O. The largest absolute Gasteiger partial charge is 0.352 e. The van der Waals surface area contributed by atoms with Crippen molar-refractivity contribution < 1.29 is 18.0 Å². The molecule has 0 aliphatic carbocycles. The highest BCUT2D eigenvalue weighted by atomic mass is 32.2. The summed E-state index contributed by atoms with van der Waals surface area (Å²) in [7, 11) is -3.73. The molecule has 0 saturated heterocycles. The molecule has 0 aromatic heterocycles. The lowest BCUT2D eigenvalue weighted by atomic mass is 10.1. The van der Waals surface area contributed by atoms with Crippen LogP contribution in [-0.2, 0) is 32.5 Å². The fraction of sp³-hybridized carbons (Fsp3) is 0.440. The number of nitrogens with one attached hydrogen (secondary N) is 1. The van der Waals surface area contributed by atoms with E-state index in [0.29, 0.717) is 25.1 Å². The number of hydrogen-bond acceptors (Lipinski definition) is 4. The average Bonchev–Trinajstić information content (AvgIpc) is 2.77. The Labute approximate surface area is 197 Å². The molecule has 0 heterocycles. The van der Waals surface area contributed by atoms with Crippen LogP contribution >= 0.6 is 0 Å². The molecule has 0 aliphatic heterocycles. The normalized spacial score (nSPS) is 12.3. The van der Waals surface area contributed by atoms with Gasteiger partial charge in [-0.2, -0.15) is 0 Å². The van der Waals surface area contributed by atoms with Crippen molar-refractivity contribution in [3.8, 4) is 0 Å². The van der Waals surface area contributed by atoms with Crippen LogP contribution in [0, 0.1) is 0 Å². The first-order valence-electron chi connectivity index (χ1n) is 11.2. The van der Waals surface area contributed by atoms with Gasteiger partial charge in [0.2, 0.25) is 21.8 Å².